The van der Waals surface area contributed by atoms with Crippen LogP contribution >= 0.6 is 39.5 Å². The predicted molar refractivity (Wildman–Crippen MR) is 144 cm³/mol. The smallest absolute Gasteiger partial charge is 0.322 e. The van der Waals surface area contributed by atoms with Crippen molar-refractivity contribution < 1.29 is 191 Å². The third-order valence-electron chi connectivity index (χ3n) is 0. The molecule has 0 amide bonds. The summed E-state index contributed by atoms with van der Waals surface area (Å²) in [5, 5.41) is 0. The van der Waals surface area contributed by atoms with Gasteiger partial charge in [0.05, 0.1) is 16.4 Å². The minimum absolute atomic E-state index is 0. The van der Waals surface area contributed by atoms with Gasteiger partial charge in [-0.15, -0.1) is 0 Å². The van der Waals surface area contributed by atoms with Crippen molar-refractivity contribution in [3.05, 3.63) is 0 Å². The monoisotopic (exact) mass is 1070 g/mol. The maximum Gasteiger partial charge on any atom is 0.322 e. The largest absolute Gasteiger partial charge is 0.811 e. The van der Waals surface area contributed by atoms with Crippen LogP contribution in [-0.4, -0.2) is 131 Å². The van der Waals surface area contributed by atoms with Crippen molar-refractivity contribution in [3.8, 4) is 0 Å². The molecule has 4 atom stereocenters. The molecular formula is C9H35Mn5O23P5S4-6. The van der Waals surface area contributed by atoms with Crippen LogP contribution in [0.1, 0.15) is 0 Å². The zero-order valence-electron chi connectivity index (χ0n) is 24.5. The second-order valence-electron chi connectivity index (χ2n) is 5.63. The van der Waals surface area contributed by atoms with E-state index in [0.29, 0.717) is 19.2 Å². The summed E-state index contributed by atoms with van der Waals surface area (Å²) in [6, 6.07) is 0. The van der Waals surface area contributed by atoms with Gasteiger partial charge in [0.15, 0.2) is 8.38 Å². The molecule has 0 saturated carbocycles. The number of rotatable bonds is 0. The van der Waals surface area contributed by atoms with Crippen molar-refractivity contribution in [1.29, 1.82) is 0 Å². The molecule has 0 aromatic rings. The van der Waals surface area contributed by atoms with Gasteiger partial charge in [0.2, 0.25) is 0 Å². The average molecular weight is 1070 g/mol. The molecule has 0 rings (SSSR count). The second-order valence-corrected chi connectivity index (χ2v) is 16.9. The zero-order chi connectivity index (χ0) is 36.8. The van der Waals surface area contributed by atoms with Gasteiger partial charge in [0.1, 0.15) is 18.7 Å². The molecule has 0 heterocycles. The molecule has 0 aliphatic rings. The number of hydrogen-bond acceptors (Lipinski definition) is 18. The van der Waals surface area contributed by atoms with E-state index >= 15 is 0 Å². The molecular weight excluding hydrogens is 1030 g/mol. The SMILES string of the molecule is CP(=O)(O)O.CP(=O)([O-])O.CP(=O)([O-])[O-].CP(O)O.CP([O-])O.CS(=O)(=O)O.CS(=O)(=O)[O-].CS(=O)O.CS(=O)[O-].[Mn].[Mn].[Mn].[Mn].[Mn]. The fourth-order valence-corrected chi connectivity index (χ4v) is 0. The van der Waals surface area contributed by atoms with Crippen molar-refractivity contribution in [2.75, 3.05) is 58.3 Å². The van der Waals surface area contributed by atoms with Crippen LogP contribution in [0.4, 0.5) is 0 Å². The Labute approximate surface area is 328 Å². The van der Waals surface area contributed by atoms with Crippen LogP contribution in [0, 0.1) is 0 Å². The van der Waals surface area contributed by atoms with Crippen molar-refractivity contribution >= 4 is 81.9 Å². The van der Waals surface area contributed by atoms with E-state index in [1.165, 1.54) is 19.6 Å². The Morgan fingerprint density at radius 2 is 0.717 bits per heavy atom. The Morgan fingerprint density at radius 3 is 0.717 bits per heavy atom. The molecule has 0 aliphatic carbocycles. The summed E-state index contributed by atoms with van der Waals surface area (Å²) in [5.74, 6) is 0. The Morgan fingerprint density at radius 1 is 0.717 bits per heavy atom. The van der Waals surface area contributed by atoms with E-state index in [1.807, 2.05) is 0 Å². The van der Waals surface area contributed by atoms with Gasteiger partial charge in [-0.1, -0.05) is 27.1 Å². The van der Waals surface area contributed by atoms with E-state index < -0.39 is 81.9 Å². The maximum atomic E-state index is 9.33. The molecule has 23 nitrogen and oxygen atoms in total. The molecule has 0 fully saturated rings. The van der Waals surface area contributed by atoms with E-state index in [2.05, 4.69) is 0 Å². The summed E-state index contributed by atoms with van der Waals surface area (Å²) in [7, 11) is -22.7. The second kappa shape index (κ2) is 53.1. The fourth-order valence-electron chi connectivity index (χ4n) is 0. The molecule has 4 unspecified atom stereocenters. The van der Waals surface area contributed by atoms with Crippen LogP contribution in [-0.2, 0) is 141 Å². The summed E-state index contributed by atoms with van der Waals surface area (Å²) in [6.07, 6.45) is 3.60. The predicted octanol–water partition coefficient (Wildman–Crippen LogP) is -5.33. The fraction of sp³-hybridized carbons (Fsp3) is 1.00. The van der Waals surface area contributed by atoms with Gasteiger partial charge in [-0.2, -0.15) is 8.42 Å². The Balaban J connectivity index is -0.0000000206. The summed E-state index contributed by atoms with van der Waals surface area (Å²) in [5.41, 5.74) is 0. The molecule has 0 aromatic carbocycles. The minimum Gasteiger partial charge on any atom is -0.811 e. The van der Waals surface area contributed by atoms with Gasteiger partial charge < -0.3 is 71.7 Å². The summed E-state index contributed by atoms with van der Waals surface area (Å²) >= 11 is -3.47. The summed E-state index contributed by atoms with van der Waals surface area (Å²) in [4.78, 5) is 82.3. The van der Waals surface area contributed by atoms with E-state index in [9.17, 15) is 22.4 Å². The van der Waals surface area contributed by atoms with Crippen molar-refractivity contribution in [2.45, 2.75) is 0 Å². The quantitative estimate of drug-likeness (QED) is 0.0486. The van der Waals surface area contributed by atoms with Crippen LogP contribution in [0.15, 0.2) is 0 Å². The average Bonchev–Trinajstić information content (AvgIpc) is 2.32. The molecule has 5 radical (unpaired) electrons. The Kier molecular flexibility index (Phi) is 107. The third kappa shape index (κ3) is 7290. The van der Waals surface area contributed by atoms with Crippen LogP contribution in [0.2, 0.25) is 0 Å². The Bertz CT molecular complexity index is 821. The third-order valence-corrected chi connectivity index (χ3v) is 0. The van der Waals surface area contributed by atoms with Crippen molar-refractivity contribution in [1.82, 2.24) is 0 Å². The van der Waals surface area contributed by atoms with Gasteiger partial charge in [0, 0.05) is 118 Å². The minimum atomic E-state index is -4.14. The van der Waals surface area contributed by atoms with Crippen molar-refractivity contribution in [2.24, 2.45) is 0 Å². The first-order valence-corrected chi connectivity index (χ1v) is 24.1. The molecule has 0 saturated heterocycles. The molecule has 46 heavy (non-hydrogen) atoms. The topological polar surface area (TPSA) is 454 Å². The maximum absolute atomic E-state index is 9.33. The molecule has 0 bridgehead atoms. The normalized spacial score (nSPS) is 12.3. The molecule has 0 spiro atoms. The first-order valence-electron chi connectivity index (χ1n) is 8.05. The van der Waals surface area contributed by atoms with E-state index in [4.69, 9.17) is 83.7 Å². The van der Waals surface area contributed by atoms with Gasteiger partial charge in [-0.3, -0.25) is 13.3 Å². The summed E-state index contributed by atoms with van der Waals surface area (Å²) < 4.78 is 115. The standard InChI is InChI=1S/3CH5O3P.2CH4O3S.CH5O2P.CH4O2P.2CH4O2S.5Mn/c5*1-5(2,3)4;4*1-4(2)3;;;;;/h3*1H3,(H2,2,3,4);2*1H3,(H,2,3,4);2-3H,1H3;2H,1H3;2*1H3,(H,2,3);;;;;/q;;;;;;-1;;;;;;;/p-5. The molecule has 0 aromatic heterocycles. The van der Waals surface area contributed by atoms with Crippen LogP contribution in [0.25, 0.3) is 0 Å². The van der Waals surface area contributed by atoms with Crippen LogP contribution < -0.4 is 19.6 Å². The van der Waals surface area contributed by atoms with Gasteiger partial charge in [-0.05, 0) is 19.6 Å². The van der Waals surface area contributed by atoms with E-state index in [-0.39, 0.29) is 85.3 Å². The van der Waals surface area contributed by atoms with Gasteiger partial charge in [0.25, 0.3) is 10.1 Å². The first-order chi connectivity index (χ1) is 16.9. The van der Waals surface area contributed by atoms with Crippen LogP contribution in [0.5, 0.6) is 0 Å². The van der Waals surface area contributed by atoms with E-state index in [1.54, 1.807) is 0 Å². The van der Waals surface area contributed by atoms with Crippen LogP contribution in [0.3, 0.4) is 0 Å². The van der Waals surface area contributed by atoms with E-state index in [0.717, 1.165) is 19.6 Å². The summed E-state index contributed by atoms with van der Waals surface area (Å²) in [6.45, 7) is 4.80. The van der Waals surface area contributed by atoms with Gasteiger partial charge >= 0.3 is 7.60 Å². The Hall–Kier alpha value is 3.79. The van der Waals surface area contributed by atoms with Crippen molar-refractivity contribution in [3.63, 3.8) is 0 Å². The zero-order valence-corrected chi connectivity index (χ0v) is 38.1. The molecule has 8 N–H and O–H groups in total. The van der Waals surface area contributed by atoms with Gasteiger partial charge in [-0.25, -0.2) is 12.6 Å². The molecule has 37 heteroatoms. The number of hydrogen-bond donors (Lipinski definition) is 8. The molecule has 299 valence electrons. The molecule has 0 aliphatic heterocycles. The first kappa shape index (κ1) is 92.5.